The zero-order chi connectivity index (χ0) is 11.9. The predicted octanol–water partition coefficient (Wildman–Crippen LogP) is 3.56. The molecule has 1 aliphatic rings. The Labute approximate surface area is 108 Å². The highest BCUT2D eigenvalue weighted by Gasteiger charge is 2.16. The van der Waals surface area contributed by atoms with Crippen LogP contribution < -0.4 is 5.09 Å². The Morgan fingerprint density at radius 3 is 2.75 bits per heavy atom. The standard InChI is InChI=1S/C10H21N2OPS2/c1-3-13-14(15,16-4-2)12-9-11-10-7-5-6-8-10/h9-10H,3-8H2,1-2H3,(H,11,12,15). The molecule has 0 aromatic heterocycles. The summed E-state index contributed by atoms with van der Waals surface area (Å²) < 4.78 is 5.62. The normalized spacial score (nSPS) is 21.4. The van der Waals surface area contributed by atoms with Crippen LogP contribution >= 0.6 is 17.0 Å². The summed E-state index contributed by atoms with van der Waals surface area (Å²) in [6.07, 6.45) is 6.85. The maximum absolute atomic E-state index is 5.62. The zero-order valence-corrected chi connectivity index (χ0v) is 12.5. The summed E-state index contributed by atoms with van der Waals surface area (Å²) in [5, 5.41) is 3.20. The molecule has 0 heterocycles. The molecule has 16 heavy (non-hydrogen) atoms. The van der Waals surface area contributed by atoms with Crippen molar-refractivity contribution in [2.45, 2.75) is 45.6 Å². The van der Waals surface area contributed by atoms with Gasteiger partial charge in [0.15, 0.2) is 0 Å². The van der Waals surface area contributed by atoms with Crippen LogP contribution in [0.15, 0.2) is 4.99 Å². The van der Waals surface area contributed by atoms with Crippen LogP contribution in [-0.2, 0) is 16.3 Å². The van der Waals surface area contributed by atoms with Crippen LogP contribution in [0.5, 0.6) is 0 Å². The molecule has 0 saturated heterocycles. The second-order valence-corrected chi connectivity index (χ2v) is 10.6. The number of rotatable bonds is 7. The van der Waals surface area contributed by atoms with E-state index in [0.717, 1.165) is 5.75 Å². The quantitative estimate of drug-likeness (QED) is 0.439. The van der Waals surface area contributed by atoms with Crippen molar-refractivity contribution < 1.29 is 4.52 Å². The van der Waals surface area contributed by atoms with Crippen molar-refractivity contribution in [1.29, 1.82) is 0 Å². The van der Waals surface area contributed by atoms with E-state index in [9.17, 15) is 0 Å². The summed E-state index contributed by atoms with van der Waals surface area (Å²) in [5.41, 5.74) is -1.93. The maximum Gasteiger partial charge on any atom is 0.211 e. The summed E-state index contributed by atoms with van der Waals surface area (Å²) in [6, 6.07) is 0.504. The van der Waals surface area contributed by atoms with Gasteiger partial charge < -0.3 is 9.61 Å². The minimum atomic E-state index is -1.93. The second kappa shape index (κ2) is 7.70. The molecule has 0 aromatic rings. The van der Waals surface area contributed by atoms with E-state index in [1.165, 1.54) is 25.7 Å². The summed E-state index contributed by atoms with van der Waals surface area (Å²) in [6.45, 7) is 4.74. The fraction of sp³-hybridized carbons (Fsp3) is 0.900. The Balaban J connectivity index is 2.39. The molecule has 1 rings (SSSR count). The third kappa shape index (κ3) is 5.17. The Bertz CT molecular complexity index is 258. The van der Waals surface area contributed by atoms with E-state index in [1.807, 2.05) is 6.92 Å². The van der Waals surface area contributed by atoms with Crippen LogP contribution in [0.1, 0.15) is 39.5 Å². The number of hydrogen-bond donors (Lipinski definition) is 1. The van der Waals surface area contributed by atoms with Crippen molar-refractivity contribution >= 4 is 35.1 Å². The average Bonchev–Trinajstić information content (AvgIpc) is 2.71. The predicted molar refractivity (Wildman–Crippen MR) is 77.9 cm³/mol. The van der Waals surface area contributed by atoms with Gasteiger partial charge in [-0.2, -0.15) is 0 Å². The molecule has 0 aliphatic heterocycles. The molecule has 1 atom stereocenters. The van der Waals surface area contributed by atoms with Crippen LogP contribution in [0.4, 0.5) is 0 Å². The van der Waals surface area contributed by atoms with Crippen LogP contribution in [-0.4, -0.2) is 24.7 Å². The molecular weight excluding hydrogens is 259 g/mol. The number of hydrogen-bond acceptors (Lipinski definition) is 4. The van der Waals surface area contributed by atoms with Crippen LogP contribution in [0.3, 0.4) is 0 Å². The van der Waals surface area contributed by atoms with Gasteiger partial charge >= 0.3 is 0 Å². The number of aliphatic imine (C=N–C) groups is 1. The molecule has 94 valence electrons. The van der Waals surface area contributed by atoms with Gasteiger partial charge in [-0.1, -0.05) is 31.1 Å². The van der Waals surface area contributed by atoms with Gasteiger partial charge in [0.25, 0.3) is 0 Å². The lowest BCUT2D eigenvalue weighted by Gasteiger charge is -2.19. The van der Waals surface area contributed by atoms with Crippen molar-refractivity contribution in [3.05, 3.63) is 0 Å². The highest BCUT2D eigenvalue weighted by molar-refractivity contribution is 8.68. The molecule has 0 amide bonds. The first-order chi connectivity index (χ1) is 7.70. The molecule has 1 unspecified atom stereocenters. The molecule has 0 bridgehead atoms. The minimum absolute atomic E-state index is 0.504. The van der Waals surface area contributed by atoms with Gasteiger partial charge in [-0.3, -0.25) is 4.99 Å². The lowest BCUT2D eigenvalue weighted by atomic mass is 10.3. The van der Waals surface area contributed by atoms with E-state index in [4.69, 9.17) is 16.3 Å². The fourth-order valence-electron chi connectivity index (χ4n) is 1.71. The van der Waals surface area contributed by atoms with Crippen LogP contribution in [0.25, 0.3) is 0 Å². The van der Waals surface area contributed by atoms with E-state index < -0.39 is 5.62 Å². The summed E-state index contributed by atoms with van der Waals surface area (Å²) >= 11 is 7.18. The maximum atomic E-state index is 5.62. The van der Waals surface area contributed by atoms with Gasteiger partial charge in [0, 0.05) is 0 Å². The molecule has 0 radical (unpaired) electrons. The lowest BCUT2D eigenvalue weighted by molar-refractivity contribution is 0.383. The lowest BCUT2D eigenvalue weighted by Crippen LogP contribution is -2.10. The first kappa shape index (κ1) is 14.5. The molecule has 0 spiro atoms. The van der Waals surface area contributed by atoms with Crippen LogP contribution in [0, 0.1) is 0 Å². The highest BCUT2D eigenvalue weighted by Crippen LogP contribution is 2.55. The van der Waals surface area contributed by atoms with E-state index in [0.29, 0.717) is 12.6 Å². The molecule has 1 aliphatic carbocycles. The fourth-order valence-corrected chi connectivity index (χ4v) is 6.16. The molecule has 6 heteroatoms. The molecule has 3 nitrogen and oxygen atoms in total. The minimum Gasteiger partial charge on any atom is -0.327 e. The van der Waals surface area contributed by atoms with Crippen molar-refractivity contribution in [1.82, 2.24) is 5.09 Å². The van der Waals surface area contributed by atoms with E-state index >= 15 is 0 Å². The monoisotopic (exact) mass is 280 g/mol. The Morgan fingerprint density at radius 2 is 2.19 bits per heavy atom. The van der Waals surface area contributed by atoms with Gasteiger partial charge in [-0.25, -0.2) is 0 Å². The van der Waals surface area contributed by atoms with Gasteiger partial charge in [0.2, 0.25) is 5.62 Å². The molecule has 1 saturated carbocycles. The third-order valence-electron chi connectivity index (χ3n) is 2.42. The van der Waals surface area contributed by atoms with Gasteiger partial charge in [0.05, 0.1) is 19.0 Å². The van der Waals surface area contributed by atoms with Crippen LogP contribution in [0.2, 0.25) is 0 Å². The van der Waals surface area contributed by atoms with Crippen molar-refractivity contribution in [2.75, 3.05) is 12.4 Å². The van der Waals surface area contributed by atoms with Crippen molar-refractivity contribution in [2.24, 2.45) is 4.99 Å². The Morgan fingerprint density at radius 1 is 1.50 bits per heavy atom. The first-order valence-electron chi connectivity index (χ1n) is 5.88. The largest absolute Gasteiger partial charge is 0.327 e. The molecule has 1 fully saturated rings. The number of nitrogens with zero attached hydrogens (tertiary/aromatic N) is 1. The topological polar surface area (TPSA) is 33.6 Å². The van der Waals surface area contributed by atoms with E-state index in [1.54, 1.807) is 17.7 Å². The van der Waals surface area contributed by atoms with Gasteiger partial charge in [-0.05, 0) is 37.3 Å². The summed E-state index contributed by atoms with van der Waals surface area (Å²) in [7, 11) is 0. The van der Waals surface area contributed by atoms with E-state index in [2.05, 4.69) is 17.0 Å². The highest BCUT2D eigenvalue weighted by atomic mass is 32.9. The average molecular weight is 280 g/mol. The summed E-state index contributed by atoms with van der Waals surface area (Å²) in [4.78, 5) is 4.50. The smallest absolute Gasteiger partial charge is 0.211 e. The second-order valence-electron chi connectivity index (χ2n) is 3.68. The Kier molecular flexibility index (Phi) is 6.97. The molecular formula is C10H21N2OPS2. The van der Waals surface area contributed by atoms with Gasteiger partial charge in [-0.15, -0.1) is 0 Å². The zero-order valence-electron chi connectivity index (χ0n) is 10.0. The SMILES string of the molecule is CCOP(=S)(NC=NC1CCCC1)SCC. The number of nitrogens with one attached hydrogen (secondary N) is 1. The van der Waals surface area contributed by atoms with Gasteiger partial charge in [0.1, 0.15) is 0 Å². The third-order valence-corrected chi connectivity index (χ3v) is 8.06. The molecule has 1 N–H and O–H groups in total. The summed E-state index contributed by atoms with van der Waals surface area (Å²) in [5.74, 6) is 0.974. The van der Waals surface area contributed by atoms with Crippen molar-refractivity contribution in [3.8, 4) is 0 Å². The van der Waals surface area contributed by atoms with E-state index in [-0.39, 0.29) is 0 Å². The van der Waals surface area contributed by atoms with Crippen molar-refractivity contribution in [3.63, 3.8) is 0 Å². The molecule has 0 aromatic carbocycles. The first-order valence-corrected chi connectivity index (χ1v) is 10.2. The Hall–Kier alpha value is 0.430.